The van der Waals surface area contributed by atoms with Crippen molar-refractivity contribution in [3.63, 3.8) is 0 Å². The van der Waals surface area contributed by atoms with Gasteiger partial charge in [-0.1, -0.05) is 55.1 Å². The number of fused-ring (bicyclic) bond motifs is 4. The molecule has 2 saturated heterocycles. The number of nitrogens with zero attached hydrogens (tertiary/aromatic N) is 2. The average molecular weight is 743 g/mol. The maximum absolute atomic E-state index is 14.4. The molecule has 6 unspecified atom stereocenters. The second-order valence-electron chi connectivity index (χ2n) is 12.0. The second kappa shape index (κ2) is 10.4. The van der Waals surface area contributed by atoms with Crippen LogP contribution in [0.3, 0.4) is 0 Å². The molecular formula is C33H24Br2ClFN2O5. The van der Waals surface area contributed by atoms with E-state index in [1.807, 2.05) is 6.08 Å². The van der Waals surface area contributed by atoms with Gasteiger partial charge < -0.3 is 5.11 Å². The van der Waals surface area contributed by atoms with Crippen molar-refractivity contribution in [1.82, 2.24) is 0 Å². The summed E-state index contributed by atoms with van der Waals surface area (Å²) in [5.41, 5.74) is 0.429. The van der Waals surface area contributed by atoms with Gasteiger partial charge >= 0.3 is 0 Å². The first-order chi connectivity index (χ1) is 20.9. The zero-order valence-corrected chi connectivity index (χ0v) is 27.1. The van der Waals surface area contributed by atoms with Crippen molar-refractivity contribution >= 4 is 78.5 Å². The molecule has 0 aromatic heterocycles. The lowest BCUT2D eigenvalue weighted by Crippen LogP contribution is -2.48. The molecule has 3 aromatic rings. The zero-order valence-electron chi connectivity index (χ0n) is 23.1. The third-order valence-electron chi connectivity index (χ3n) is 9.82. The first-order valence-electron chi connectivity index (χ1n) is 14.1. The third-order valence-corrected chi connectivity index (χ3v) is 11.1. The number of hydrogen-bond donors (Lipinski definition) is 1. The summed E-state index contributed by atoms with van der Waals surface area (Å²) in [7, 11) is 0. The molecule has 7 rings (SSSR count). The van der Waals surface area contributed by atoms with Gasteiger partial charge in [0, 0.05) is 20.4 Å². The van der Waals surface area contributed by atoms with E-state index in [0.717, 1.165) is 21.0 Å². The summed E-state index contributed by atoms with van der Waals surface area (Å²) in [6, 6.07) is 15.5. The van der Waals surface area contributed by atoms with Crippen molar-refractivity contribution in [1.29, 1.82) is 0 Å². The Morgan fingerprint density at radius 1 is 0.864 bits per heavy atom. The van der Waals surface area contributed by atoms with E-state index in [2.05, 4.69) is 31.9 Å². The largest absolute Gasteiger partial charge is 0.508 e. The molecule has 1 saturated carbocycles. The van der Waals surface area contributed by atoms with Crippen LogP contribution in [0.25, 0.3) is 0 Å². The maximum Gasteiger partial charge on any atom is 0.241 e. The number of benzene rings is 3. The number of carbonyl (C=O) groups is 4. The van der Waals surface area contributed by atoms with Crippen LogP contribution in [0.5, 0.6) is 5.75 Å². The first kappa shape index (κ1) is 29.4. The van der Waals surface area contributed by atoms with Gasteiger partial charge in [0.25, 0.3) is 0 Å². The lowest BCUT2D eigenvalue weighted by molar-refractivity contribution is -0.131. The molecule has 0 radical (unpaired) electrons. The van der Waals surface area contributed by atoms with E-state index in [9.17, 15) is 28.7 Å². The van der Waals surface area contributed by atoms with E-state index in [1.165, 1.54) is 23.1 Å². The van der Waals surface area contributed by atoms with Crippen LogP contribution in [-0.4, -0.2) is 28.7 Å². The molecule has 6 atom stereocenters. The van der Waals surface area contributed by atoms with Crippen LogP contribution < -0.4 is 9.80 Å². The zero-order chi connectivity index (χ0) is 31.2. The summed E-state index contributed by atoms with van der Waals surface area (Å²) in [6.45, 7) is 1.72. The quantitative estimate of drug-likeness (QED) is 0.228. The minimum absolute atomic E-state index is 0.0595. The molecule has 0 spiro atoms. The van der Waals surface area contributed by atoms with E-state index >= 15 is 0 Å². The van der Waals surface area contributed by atoms with Gasteiger partial charge in [-0.15, -0.1) is 0 Å². The highest BCUT2D eigenvalue weighted by Gasteiger charge is 2.68. The molecule has 3 fully saturated rings. The van der Waals surface area contributed by atoms with Gasteiger partial charge in [-0.2, -0.15) is 0 Å². The Balaban J connectivity index is 1.38. The fourth-order valence-electron chi connectivity index (χ4n) is 7.83. The molecule has 0 bridgehead atoms. The van der Waals surface area contributed by atoms with Crippen molar-refractivity contribution < 1.29 is 28.7 Å². The summed E-state index contributed by atoms with van der Waals surface area (Å²) in [5.74, 6) is -5.99. The van der Waals surface area contributed by atoms with E-state index in [0.29, 0.717) is 15.7 Å². The standard InChI is InChI=1S/C33H24Br2ClFN2O5/c1-33-23(30(42)39(32(33)44)18-7-10-25(37)24(36)13-18)14-21-19(28(33)22-12-16(35)4-11-26(22)40)8-9-20-27(21)31(43)38(29(20)41)17-5-2-15(34)3-6-17/h2-8,10-13,20-21,23,27-28,40H,9,14H2,1H3. The van der Waals surface area contributed by atoms with Gasteiger partial charge in [0.15, 0.2) is 0 Å². The number of carbonyl (C=O) groups excluding carboxylic acids is 4. The molecule has 44 heavy (non-hydrogen) atoms. The molecule has 2 heterocycles. The Morgan fingerprint density at radius 2 is 1.55 bits per heavy atom. The minimum Gasteiger partial charge on any atom is -0.508 e. The topological polar surface area (TPSA) is 95.0 Å². The van der Waals surface area contributed by atoms with E-state index < -0.39 is 52.6 Å². The number of aromatic hydroxyl groups is 1. The number of phenols is 1. The Bertz CT molecular complexity index is 1830. The number of anilines is 2. The normalized spacial score (nSPS) is 29.5. The average Bonchev–Trinajstić information content (AvgIpc) is 3.36. The molecule has 1 N–H and O–H groups in total. The Kier molecular flexibility index (Phi) is 6.91. The lowest BCUT2D eigenvalue weighted by atomic mass is 9.51. The molecule has 2 aliphatic carbocycles. The molecule has 2 aliphatic heterocycles. The Labute approximate surface area is 273 Å². The highest BCUT2D eigenvalue weighted by atomic mass is 79.9. The van der Waals surface area contributed by atoms with Gasteiger partial charge in [0.2, 0.25) is 23.6 Å². The van der Waals surface area contributed by atoms with E-state index in [4.69, 9.17) is 11.6 Å². The van der Waals surface area contributed by atoms with E-state index in [-0.39, 0.29) is 41.1 Å². The van der Waals surface area contributed by atoms with Gasteiger partial charge in [-0.3, -0.25) is 24.1 Å². The number of imide groups is 2. The van der Waals surface area contributed by atoms with Gasteiger partial charge in [0.05, 0.1) is 39.6 Å². The molecule has 224 valence electrons. The summed E-state index contributed by atoms with van der Waals surface area (Å²) in [5, 5.41) is 10.9. The Hall–Kier alpha value is -3.34. The number of rotatable bonds is 3. The highest BCUT2D eigenvalue weighted by Crippen LogP contribution is 2.64. The summed E-state index contributed by atoms with van der Waals surface area (Å²) < 4.78 is 15.5. The fourth-order valence-corrected chi connectivity index (χ4v) is 8.65. The minimum atomic E-state index is -1.36. The van der Waals surface area contributed by atoms with Crippen molar-refractivity contribution in [2.75, 3.05) is 9.80 Å². The van der Waals surface area contributed by atoms with Crippen molar-refractivity contribution in [2.24, 2.45) is 29.1 Å². The second-order valence-corrected chi connectivity index (χ2v) is 14.2. The van der Waals surface area contributed by atoms with Crippen LogP contribution in [-0.2, 0) is 19.2 Å². The smallest absolute Gasteiger partial charge is 0.241 e. The van der Waals surface area contributed by atoms with Crippen molar-refractivity contribution in [3.8, 4) is 5.75 Å². The van der Waals surface area contributed by atoms with Crippen LogP contribution in [0.15, 0.2) is 81.3 Å². The summed E-state index contributed by atoms with van der Waals surface area (Å²) in [4.78, 5) is 58.8. The monoisotopic (exact) mass is 740 g/mol. The van der Waals surface area contributed by atoms with Gasteiger partial charge in [0.1, 0.15) is 11.6 Å². The van der Waals surface area contributed by atoms with Crippen LogP contribution in [0.4, 0.5) is 15.8 Å². The van der Waals surface area contributed by atoms with E-state index in [1.54, 1.807) is 43.3 Å². The van der Waals surface area contributed by atoms with Gasteiger partial charge in [-0.05, 0) is 86.3 Å². The number of allylic oxidation sites excluding steroid dienone is 2. The van der Waals surface area contributed by atoms with Crippen molar-refractivity contribution in [3.05, 3.63) is 97.7 Å². The molecule has 4 amide bonds. The molecule has 3 aromatic carbocycles. The maximum atomic E-state index is 14.4. The fraction of sp³-hybridized carbons (Fsp3) is 0.273. The van der Waals surface area contributed by atoms with Gasteiger partial charge in [-0.25, -0.2) is 9.29 Å². The number of amides is 4. The highest BCUT2D eigenvalue weighted by molar-refractivity contribution is 9.10. The number of hydrogen-bond acceptors (Lipinski definition) is 5. The molecule has 4 aliphatic rings. The Morgan fingerprint density at radius 3 is 2.25 bits per heavy atom. The third kappa shape index (κ3) is 4.10. The predicted molar refractivity (Wildman–Crippen MR) is 168 cm³/mol. The van der Waals surface area contributed by atoms with Crippen molar-refractivity contribution in [2.45, 2.75) is 25.7 Å². The molecule has 11 heteroatoms. The van der Waals surface area contributed by atoms with Crippen LogP contribution in [0.1, 0.15) is 31.2 Å². The number of halogens is 4. The lowest BCUT2D eigenvalue weighted by Gasteiger charge is -2.49. The van der Waals surface area contributed by atoms with Crippen LogP contribution in [0, 0.1) is 34.9 Å². The number of phenolic OH excluding ortho intramolecular Hbond substituents is 1. The molecule has 7 nitrogen and oxygen atoms in total. The summed E-state index contributed by atoms with van der Waals surface area (Å²) in [6.07, 6.45) is 2.35. The van der Waals surface area contributed by atoms with Crippen LogP contribution in [0.2, 0.25) is 5.02 Å². The first-order valence-corrected chi connectivity index (χ1v) is 16.0. The SMILES string of the molecule is CC12C(=O)N(c3ccc(F)c(Cl)c3)C(=O)C1CC1C(=CCC3C(=O)N(c4ccc(Br)cc4)C(=O)C31)C2c1cc(Br)ccc1O. The predicted octanol–water partition coefficient (Wildman–Crippen LogP) is 7.15. The molecular weight excluding hydrogens is 719 g/mol. The van der Waals surface area contributed by atoms with Crippen LogP contribution >= 0.6 is 43.5 Å². The summed E-state index contributed by atoms with van der Waals surface area (Å²) >= 11 is 12.9.